The maximum absolute atomic E-state index is 14.5. The fourth-order valence-electron chi connectivity index (χ4n) is 3.06. The van der Waals surface area contributed by atoms with Gasteiger partial charge in [-0.1, -0.05) is 43.7 Å². The molecule has 3 rings (SSSR count). The summed E-state index contributed by atoms with van der Waals surface area (Å²) in [6.07, 6.45) is -5.78. The summed E-state index contributed by atoms with van der Waals surface area (Å²) >= 11 is 0. The van der Waals surface area contributed by atoms with E-state index in [1.807, 2.05) is 0 Å². The molecule has 0 heterocycles. The van der Waals surface area contributed by atoms with E-state index in [-0.39, 0.29) is 16.9 Å². The first kappa shape index (κ1) is 23.5. The molecule has 0 fully saturated rings. The van der Waals surface area contributed by atoms with E-state index in [1.165, 1.54) is 42.5 Å². The van der Waals surface area contributed by atoms with Crippen molar-refractivity contribution in [3.63, 3.8) is 0 Å². The number of unbranched alkanes of at least 4 members (excludes halogenated alkanes) is 1. The highest BCUT2D eigenvalue weighted by Crippen LogP contribution is 2.34. The zero-order valence-corrected chi connectivity index (χ0v) is 17.1. The molecule has 0 aliphatic rings. The lowest BCUT2D eigenvalue weighted by molar-refractivity contribution is -0.275. The van der Waals surface area contributed by atoms with E-state index < -0.39 is 24.0 Å². The Morgan fingerprint density at radius 1 is 0.750 bits per heavy atom. The molecule has 32 heavy (non-hydrogen) atoms. The van der Waals surface area contributed by atoms with Gasteiger partial charge in [-0.15, -0.1) is 13.2 Å². The molecular weight excluding hydrogens is 434 g/mol. The van der Waals surface area contributed by atoms with Gasteiger partial charge in [0, 0.05) is 0 Å². The van der Waals surface area contributed by atoms with Crippen LogP contribution in [0.15, 0.2) is 66.7 Å². The van der Waals surface area contributed by atoms with Gasteiger partial charge in [0.2, 0.25) is 0 Å². The third-order valence-corrected chi connectivity index (χ3v) is 4.70. The SMILES string of the molecule is CCCCc1ccc(C(F)(F)Oc2ccc(-c3ccc(OC(F)(F)F)c(F)c3)cc2)cc1. The Morgan fingerprint density at radius 3 is 1.94 bits per heavy atom. The predicted octanol–water partition coefficient (Wildman–Crippen LogP) is 7.86. The molecule has 0 saturated heterocycles. The number of halogens is 6. The molecule has 2 nitrogen and oxygen atoms in total. The summed E-state index contributed by atoms with van der Waals surface area (Å²) in [7, 11) is 0. The van der Waals surface area contributed by atoms with Gasteiger partial charge in [0.25, 0.3) is 0 Å². The molecule has 3 aromatic carbocycles. The molecule has 0 bridgehead atoms. The summed E-state index contributed by atoms with van der Waals surface area (Å²) in [6.45, 7) is 2.05. The average Bonchev–Trinajstić information content (AvgIpc) is 2.73. The molecule has 8 heteroatoms. The molecule has 0 atom stereocenters. The highest BCUT2D eigenvalue weighted by molar-refractivity contribution is 5.65. The highest BCUT2D eigenvalue weighted by Gasteiger charge is 2.34. The van der Waals surface area contributed by atoms with E-state index in [1.54, 1.807) is 12.1 Å². The molecule has 170 valence electrons. The molecule has 0 spiro atoms. The Morgan fingerprint density at radius 2 is 1.38 bits per heavy atom. The molecule has 0 saturated carbocycles. The Balaban J connectivity index is 1.70. The van der Waals surface area contributed by atoms with E-state index in [2.05, 4.69) is 11.7 Å². The number of rotatable bonds is 8. The number of ether oxygens (including phenoxy) is 2. The third-order valence-electron chi connectivity index (χ3n) is 4.70. The van der Waals surface area contributed by atoms with Crippen molar-refractivity contribution in [1.82, 2.24) is 0 Å². The van der Waals surface area contributed by atoms with E-state index in [9.17, 15) is 26.3 Å². The molecule has 0 N–H and O–H groups in total. The van der Waals surface area contributed by atoms with Gasteiger partial charge in [-0.25, -0.2) is 4.39 Å². The minimum absolute atomic E-state index is 0.119. The van der Waals surface area contributed by atoms with Crippen molar-refractivity contribution in [3.05, 3.63) is 83.7 Å². The lowest BCUT2D eigenvalue weighted by Gasteiger charge is -2.19. The van der Waals surface area contributed by atoms with Gasteiger partial charge in [-0.2, -0.15) is 8.78 Å². The fourth-order valence-corrected chi connectivity index (χ4v) is 3.06. The quantitative estimate of drug-likeness (QED) is 0.323. The second-order valence-corrected chi connectivity index (χ2v) is 7.14. The first-order valence-electron chi connectivity index (χ1n) is 9.89. The van der Waals surface area contributed by atoms with Crippen LogP contribution >= 0.6 is 0 Å². The van der Waals surface area contributed by atoms with Gasteiger partial charge < -0.3 is 9.47 Å². The maximum atomic E-state index is 14.5. The molecule has 0 unspecified atom stereocenters. The lowest BCUT2D eigenvalue weighted by atomic mass is 10.1. The summed E-state index contributed by atoms with van der Waals surface area (Å²) in [6, 6.07) is 14.2. The minimum atomic E-state index is -5.01. The summed E-state index contributed by atoms with van der Waals surface area (Å²) < 4.78 is 88.1. The van der Waals surface area contributed by atoms with Crippen molar-refractivity contribution in [2.45, 2.75) is 38.7 Å². The van der Waals surface area contributed by atoms with Crippen molar-refractivity contribution in [1.29, 1.82) is 0 Å². The molecular formula is C24H20F6O2. The lowest BCUT2D eigenvalue weighted by Crippen LogP contribution is -2.21. The van der Waals surface area contributed by atoms with Gasteiger partial charge in [-0.3, -0.25) is 0 Å². The summed E-state index contributed by atoms with van der Waals surface area (Å²) in [5, 5.41) is 0. The Bertz CT molecular complexity index is 1030. The standard InChI is InChI=1S/C24H20F6O2/c1-2-3-4-16-5-10-19(11-6-16)23(26,27)31-20-12-7-17(8-13-20)18-9-14-22(21(25)15-18)32-24(28,29)30/h5-15H,2-4H2,1H3. The van der Waals surface area contributed by atoms with Gasteiger partial charge in [0.05, 0.1) is 5.56 Å². The van der Waals surface area contributed by atoms with Gasteiger partial charge in [-0.05, 0) is 65.9 Å². The molecule has 0 amide bonds. The Labute approximate surface area is 181 Å². The number of hydrogen-bond donors (Lipinski definition) is 0. The van der Waals surface area contributed by atoms with Crippen molar-refractivity contribution < 1.29 is 35.8 Å². The third kappa shape index (κ3) is 6.18. The van der Waals surface area contributed by atoms with Crippen LogP contribution < -0.4 is 9.47 Å². The van der Waals surface area contributed by atoms with Gasteiger partial charge in [0.15, 0.2) is 11.6 Å². The van der Waals surface area contributed by atoms with E-state index >= 15 is 0 Å². The van der Waals surface area contributed by atoms with Crippen molar-refractivity contribution in [2.24, 2.45) is 0 Å². The normalized spacial score (nSPS) is 12.0. The van der Waals surface area contributed by atoms with Crippen LogP contribution in [0.5, 0.6) is 11.5 Å². The smallest absolute Gasteiger partial charge is 0.429 e. The fraction of sp³-hybridized carbons (Fsp3) is 0.250. The number of benzene rings is 3. The Kier molecular flexibility index (Phi) is 7.01. The monoisotopic (exact) mass is 454 g/mol. The summed E-state index contributed by atoms with van der Waals surface area (Å²) in [4.78, 5) is 0. The zero-order valence-electron chi connectivity index (χ0n) is 17.1. The van der Waals surface area contributed by atoms with Crippen molar-refractivity contribution in [3.8, 4) is 22.6 Å². The second kappa shape index (κ2) is 9.54. The van der Waals surface area contributed by atoms with Crippen LogP contribution in [-0.2, 0) is 12.5 Å². The van der Waals surface area contributed by atoms with Crippen LogP contribution in [0, 0.1) is 5.82 Å². The van der Waals surface area contributed by atoms with Crippen LogP contribution in [-0.4, -0.2) is 6.36 Å². The Hall–Kier alpha value is -3.16. The van der Waals surface area contributed by atoms with Crippen LogP contribution in [0.25, 0.3) is 11.1 Å². The van der Waals surface area contributed by atoms with Crippen molar-refractivity contribution in [2.75, 3.05) is 0 Å². The largest absolute Gasteiger partial charge is 0.573 e. The molecule has 0 aromatic heterocycles. The highest BCUT2D eigenvalue weighted by atomic mass is 19.4. The first-order chi connectivity index (χ1) is 15.1. The molecule has 0 aliphatic heterocycles. The number of hydrogen-bond acceptors (Lipinski definition) is 2. The zero-order chi connectivity index (χ0) is 23.4. The number of alkyl halides is 5. The topological polar surface area (TPSA) is 18.5 Å². The van der Waals surface area contributed by atoms with Crippen molar-refractivity contribution >= 4 is 0 Å². The summed E-state index contributed by atoms with van der Waals surface area (Å²) in [5.74, 6) is -2.28. The maximum Gasteiger partial charge on any atom is 0.573 e. The van der Waals surface area contributed by atoms with Crippen LogP contribution in [0.2, 0.25) is 0 Å². The average molecular weight is 454 g/mol. The molecule has 0 aliphatic carbocycles. The minimum Gasteiger partial charge on any atom is -0.429 e. The second-order valence-electron chi connectivity index (χ2n) is 7.14. The van der Waals surface area contributed by atoms with E-state index in [0.29, 0.717) is 5.56 Å². The van der Waals surface area contributed by atoms with E-state index in [0.717, 1.165) is 37.0 Å². The molecule has 0 radical (unpaired) electrons. The molecule has 3 aromatic rings. The van der Waals surface area contributed by atoms with Gasteiger partial charge >= 0.3 is 12.5 Å². The number of aryl methyl sites for hydroxylation is 1. The van der Waals surface area contributed by atoms with Crippen LogP contribution in [0.3, 0.4) is 0 Å². The van der Waals surface area contributed by atoms with Crippen LogP contribution in [0.1, 0.15) is 30.9 Å². The summed E-state index contributed by atoms with van der Waals surface area (Å²) in [5.41, 5.74) is 1.33. The van der Waals surface area contributed by atoms with E-state index in [4.69, 9.17) is 4.74 Å². The van der Waals surface area contributed by atoms with Gasteiger partial charge in [0.1, 0.15) is 5.75 Å². The first-order valence-corrected chi connectivity index (χ1v) is 9.89. The predicted molar refractivity (Wildman–Crippen MR) is 108 cm³/mol. The van der Waals surface area contributed by atoms with Crippen LogP contribution in [0.4, 0.5) is 26.3 Å².